The molecule has 0 saturated heterocycles. The third-order valence-electron chi connectivity index (χ3n) is 3.04. The van der Waals surface area contributed by atoms with Crippen molar-refractivity contribution < 1.29 is 9.90 Å². The predicted molar refractivity (Wildman–Crippen MR) is 60.5 cm³/mol. The van der Waals surface area contributed by atoms with Crippen molar-refractivity contribution in [2.45, 2.75) is 18.9 Å². The summed E-state index contributed by atoms with van der Waals surface area (Å²) in [6.45, 7) is 0. The number of aromatic nitrogens is 3. The summed E-state index contributed by atoms with van der Waals surface area (Å²) in [5.41, 5.74) is 0.902. The van der Waals surface area contributed by atoms with Gasteiger partial charge in [0.1, 0.15) is 11.9 Å². The molecule has 2 heterocycles. The molecular formula is C12H11N3O2. The summed E-state index contributed by atoms with van der Waals surface area (Å²) in [4.78, 5) is 11.2. The van der Waals surface area contributed by atoms with Gasteiger partial charge in [0.15, 0.2) is 5.82 Å². The standard InChI is InChI=1S/C12H11N3O2/c16-12(17)9-6-7-10-13-14-11(15(9)10)8-4-2-1-3-5-8/h1-5,9H,6-7H2,(H,16,17). The Kier molecular flexibility index (Phi) is 2.18. The summed E-state index contributed by atoms with van der Waals surface area (Å²) in [6, 6.07) is 9.02. The zero-order valence-corrected chi connectivity index (χ0v) is 9.08. The van der Waals surface area contributed by atoms with Gasteiger partial charge in [-0.3, -0.25) is 4.57 Å². The molecule has 0 bridgehead atoms. The first-order chi connectivity index (χ1) is 8.27. The van der Waals surface area contributed by atoms with Crippen molar-refractivity contribution in [3.05, 3.63) is 36.2 Å². The molecule has 0 radical (unpaired) electrons. The maximum absolute atomic E-state index is 11.2. The summed E-state index contributed by atoms with van der Waals surface area (Å²) in [6.07, 6.45) is 1.27. The van der Waals surface area contributed by atoms with E-state index in [1.54, 1.807) is 4.57 Å². The van der Waals surface area contributed by atoms with Crippen LogP contribution in [-0.2, 0) is 11.2 Å². The number of carbonyl (C=O) groups is 1. The molecule has 1 N–H and O–H groups in total. The van der Waals surface area contributed by atoms with E-state index in [4.69, 9.17) is 0 Å². The molecule has 1 aliphatic heterocycles. The number of nitrogens with zero attached hydrogens (tertiary/aromatic N) is 3. The van der Waals surface area contributed by atoms with E-state index in [-0.39, 0.29) is 0 Å². The third kappa shape index (κ3) is 1.51. The van der Waals surface area contributed by atoms with Gasteiger partial charge in [-0.15, -0.1) is 10.2 Å². The van der Waals surface area contributed by atoms with E-state index in [0.717, 1.165) is 11.4 Å². The second-order valence-electron chi connectivity index (χ2n) is 4.07. The highest BCUT2D eigenvalue weighted by Gasteiger charge is 2.32. The van der Waals surface area contributed by atoms with Crippen molar-refractivity contribution in [2.24, 2.45) is 0 Å². The summed E-state index contributed by atoms with van der Waals surface area (Å²) in [5.74, 6) is 0.586. The van der Waals surface area contributed by atoms with Gasteiger partial charge in [0.2, 0.25) is 0 Å². The zero-order valence-electron chi connectivity index (χ0n) is 9.08. The fourth-order valence-electron chi connectivity index (χ4n) is 2.23. The molecule has 5 heteroatoms. The van der Waals surface area contributed by atoms with Crippen LogP contribution >= 0.6 is 0 Å². The van der Waals surface area contributed by atoms with Crippen LogP contribution in [0.15, 0.2) is 30.3 Å². The molecule has 1 aliphatic rings. The van der Waals surface area contributed by atoms with Crippen molar-refractivity contribution in [1.82, 2.24) is 14.8 Å². The fraction of sp³-hybridized carbons (Fsp3) is 0.250. The quantitative estimate of drug-likeness (QED) is 0.847. The first-order valence-corrected chi connectivity index (χ1v) is 5.49. The third-order valence-corrected chi connectivity index (χ3v) is 3.04. The van der Waals surface area contributed by atoms with Crippen molar-refractivity contribution in [3.63, 3.8) is 0 Å². The minimum atomic E-state index is -0.819. The fourth-order valence-corrected chi connectivity index (χ4v) is 2.23. The summed E-state index contributed by atoms with van der Waals surface area (Å²) in [5, 5.41) is 17.3. The van der Waals surface area contributed by atoms with Crippen LogP contribution < -0.4 is 0 Å². The highest BCUT2D eigenvalue weighted by atomic mass is 16.4. The SMILES string of the molecule is O=C(O)C1CCc2nnc(-c3ccccc3)n21. The largest absolute Gasteiger partial charge is 0.480 e. The second-order valence-corrected chi connectivity index (χ2v) is 4.07. The van der Waals surface area contributed by atoms with Crippen molar-refractivity contribution in [1.29, 1.82) is 0 Å². The van der Waals surface area contributed by atoms with Crippen LogP contribution in [-0.4, -0.2) is 25.8 Å². The van der Waals surface area contributed by atoms with Crippen molar-refractivity contribution >= 4 is 5.97 Å². The molecule has 2 aromatic rings. The number of benzene rings is 1. The molecular weight excluding hydrogens is 218 g/mol. The average Bonchev–Trinajstić information content (AvgIpc) is 2.90. The van der Waals surface area contributed by atoms with Crippen LogP contribution in [0.4, 0.5) is 0 Å². The molecule has 0 fully saturated rings. The average molecular weight is 229 g/mol. The van der Waals surface area contributed by atoms with Crippen LogP contribution in [0, 0.1) is 0 Å². The number of hydrogen-bond acceptors (Lipinski definition) is 3. The highest BCUT2D eigenvalue weighted by Crippen LogP contribution is 2.30. The van der Waals surface area contributed by atoms with E-state index in [1.807, 2.05) is 30.3 Å². The minimum Gasteiger partial charge on any atom is -0.480 e. The Morgan fingerprint density at radius 1 is 1.29 bits per heavy atom. The second kappa shape index (κ2) is 3.69. The Morgan fingerprint density at radius 3 is 2.76 bits per heavy atom. The number of carboxylic acid groups (broad SMARTS) is 1. The van der Waals surface area contributed by atoms with Crippen LogP contribution in [0.1, 0.15) is 18.3 Å². The summed E-state index contributed by atoms with van der Waals surface area (Å²) in [7, 11) is 0. The topological polar surface area (TPSA) is 68.0 Å². The van der Waals surface area contributed by atoms with Gasteiger partial charge in [0.05, 0.1) is 0 Å². The van der Waals surface area contributed by atoms with E-state index in [2.05, 4.69) is 10.2 Å². The number of rotatable bonds is 2. The number of aliphatic carboxylic acids is 1. The van der Waals surface area contributed by atoms with Gasteiger partial charge in [-0.1, -0.05) is 30.3 Å². The van der Waals surface area contributed by atoms with E-state index in [0.29, 0.717) is 18.7 Å². The lowest BCUT2D eigenvalue weighted by Gasteiger charge is -2.10. The van der Waals surface area contributed by atoms with E-state index in [9.17, 15) is 9.90 Å². The van der Waals surface area contributed by atoms with Gasteiger partial charge in [-0.25, -0.2) is 4.79 Å². The summed E-state index contributed by atoms with van der Waals surface area (Å²) >= 11 is 0. The number of fused-ring (bicyclic) bond motifs is 1. The number of aryl methyl sites for hydroxylation is 1. The molecule has 1 unspecified atom stereocenters. The smallest absolute Gasteiger partial charge is 0.326 e. The van der Waals surface area contributed by atoms with Crippen LogP contribution in [0.25, 0.3) is 11.4 Å². The Labute approximate surface area is 97.7 Å². The van der Waals surface area contributed by atoms with Crippen LogP contribution in [0.5, 0.6) is 0 Å². The maximum atomic E-state index is 11.2. The molecule has 3 rings (SSSR count). The Balaban J connectivity index is 2.12. The van der Waals surface area contributed by atoms with Gasteiger partial charge in [-0.2, -0.15) is 0 Å². The van der Waals surface area contributed by atoms with E-state index >= 15 is 0 Å². The first-order valence-electron chi connectivity index (χ1n) is 5.49. The number of carboxylic acids is 1. The Bertz CT molecular complexity index is 562. The predicted octanol–water partition coefficient (Wildman–Crippen LogP) is 1.52. The van der Waals surface area contributed by atoms with Gasteiger partial charge >= 0.3 is 5.97 Å². The lowest BCUT2D eigenvalue weighted by molar-refractivity contribution is -0.140. The lowest BCUT2D eigenvalue weighted by atomic mass is 10.2. The van der Waals surface area contributed by atoms with E-state index in [1.165, 1.54) is 0 Å². The Morgan fingerprint density at radius 2 is 2.06 bits per heavy atom. The highest BCUT2D eigenvalue weighted by molar-refractivity contribution is 5.74. The van der Waals surface area contributed by atoms with Crippen LogP contribution in [0.3, 0.4) is 0 Å². The molecule has 5 nitrogen and oxygen atoms in total. The summed E-state index contributed by atoms with van der Waals surface area (Å²) < 4.78 is 1.73. The molecule has 1 atom stereocenters. The first kappa shape index (κ1) is 10.0. The Hall–Kier alpha value is -2.17. The van der Waals surface area contributed by atoms with Crippen molar-refractivity contribution in [2.75, 3.05) is 0 Å². The monoisotopic (exact) mass is 229 g/mol. The van der Waals surface area contributed by atoms with Gasteiger partial charge in [0.25, 0.3) is 0 Å². The minimum absolute atomic E-state index is 0.532. The van der Waals surface area contributed by atoms with Crippen LogP contribution in [0.2, 0.25) is 0 Å². The normalized spacial score (nSPS) is 18.0. The molecule has 0 saturated carbocycles. The van der Waals surface area contributed by atoms with Gasteiger partial charge in [0, 0.05) is 12.0 Å². The molecule has 1 aromatic heterocycles. The molecule has 0 spiro atoms. The van der Waals surface area contributed by atoms with Crippen molar-refractivity contribution in [3.8, 4) is 11.4 Å². The molecule has 0 amide bonds. The molecule has 86 valence electrons. The van der Waals surface area contributed by atoms with Gasteiger partial charge in [-0.05, 0) is 6.42 Å². The lowest BCUT2D eigenvalue weighted by Crippen LogP contribution is -2.16. The van der Waals surface area contributed by atoms with Gasteiger partial charge < -0.3 is 5.11 Å². The van der Waals surface area contributed by atoms with E-state index < -0.39 is 12.0 Å². The molecule has 0 aliphatic carbocycles. The molecule has 1 aromatic carbocycles. The number of hydrogen-bond donors (Lipinski definition) is 1. The zero-order chi connectivity index (χ0) is 11.8. The maximum Gasteiger partial charge on any atom is 0.326 e. The molecule has 17 heavy (non-hydrogen) atoms.